The van der Waals surface area contributed by atoms with Crippen molar-refractivity contribution in [3.8, 4) is 0 Å². The molecular formula is C10H11NS. The molecule has 0 atom stereocenters. The topological polar surface area (TPSA) is 15.8 Å². The van der Waals surface area contributed by atoms with Crippen molar-refractivity contribution in [1.82, 2.24) is 4.98 Å². The van der Waals surface area contributed by atoms with Gasteiger partial charge in [-0.15, -0.1) is 12.6 Å². The van der Waals surface area contributed by atoms with Gasteiger partial charge < -0.3 is 4.98 Å². The van der Waals surface area contributed by atoms with Gasteiger partial charge in [-0.25, -0.2) is 0 Å². The summed E-state index contributed by atoms with van der Waals surface area (Å²) >= 11 is 4.35. The van der Waals surface area contributed by atoms with Crippen LogP contribution in [0.3, 0.4) is 0 Å². The minimum atomic E-state index is 1.02. The Morgan fingerprint density at radius 2 is 1.83 bits per heavy atom. The van der Waals surface area contributed by atoms with Gasteiger partial charge >= 0.3 is 0 Å². The van der Waals surface area contributed by atoms with E-state index < -0.39 is 0 Å². The zero-order valence-corrected chi connectivity index (χ0v) is 8.07. The van der Waals surface area contributed by atoms with Crippen molar-refractivity contribution in [2.75, 3.05) is 0 Å². The molecule has 0 aliphatic carbocycles. The number of fused-ring (bicyclic) bond motifs is 1. The predicted molar refractivity (Wildman–Crippen MR) is 55.0 cm³/mol. The SMILES string of the molecule is Cc1cc2[nH]cc(S)c2cc1C. The van der Waals surface area contributed by atoms with E-state index in [1.165, 1.54) is 22.0 Å². The highest BCUT2D eigenvalue weighted by Gasteiger charge is 2.01. The summed E-state index contributed by atoms with van der Waals surface area (Å²) < 4.78 is 0. The lowest BCUT2D eigenvalue weighted by Crippen LogP contribution is -1.79. The Kier molecular flexibility index (Phi) is 1.65. The molecule has 1 nitrogen and oxygen atoms in total. The molecule has 0 unspecified atom stereocenters. The van der Waals surface area contributed by atoms with E-state index in [0.717, 1.165) is 4.90 Å². The number of hydrogen-bond acceptors (Lipinski definition) is 1. The number of aryl methyl sites for hydroxylation is 2. The fourth-order valence-corrected chi connectivity index (χ4v) is 1.62. The van der Waals surface area contributed by atoms with Gasteiger partial charge in [0.1, 0.15) is 0 Å². The molecule has 1 N–H and O–H groups in total. The monoisotopic (exact) mass is 177 g/mol. The summed E-state index contributed by atoms with van der Waals surface area (Å²) in [5.41, 5.74) is 3.80. The van der Waals surface area contributed by atoms with Crippen LogP contribution in [0.1, 0.15) is 11.1 Å². The lowest BCUT2D eigenvalue weighted by molar-refractivity contribution is 1.35. The van der Waals surface area contributed by atoms with Gasteiger partial charge in [0.2, 0.25) is 0 Å². The smallest absolute Gasteiger partial charge is 0.0468 e. The first-order valence-corrected chi connectivity index (χ1v) is 4.40. The lowest BCUT2D eigenvalue weighted by atomic mass is 10.1. The number of hydrogen-bond donors (Lipinski definition) is 2. The molecule has 1 aromatic heterocycles. The summed E-state index contributed by atoms with van der Waals surface area (Å²) in [6.07, 6.45) is 1.92. The van der Waals surface area contributed by atoms with Crippen LogP contribution in [-0.2, 0) is 0 Å². The fourth-order valence-electron chi connectivity index (χ4n) is 1.37. The van der Waals surface area contributed by atoms with E-state index in [0.29, 0.717) is 0 Å². The Morgan fingerprint density at radius 1 is 1.17 bits per heavy atom. The van der Waals surface area contributed by atoms with Gasteiger partial charge in [0, 0.05) is 22.0 Å². The number of benzene rings is 1. The van der Waals surface area contributed by atoms with Crippen LogP contribution in [0.25, 0.3) is 10.9 Å². The maximum atomic E-state index is 4.35. The molecule has 0 aliphatic heterocycles. The Bertz CT molecular complexity index is 429. The van der Waals surface area contributed by atoms with E-state index in [-0.39, 0.29) is 0 Å². The standard InChI is InChI=1S/C10H11NS/c1-6-3-8-9(4-7(6)2)11-5-10(8)12/h3-5,11-12H,1-2H3. The predicted octanol–water partition coefficient (Wildman–Crippen LogP) is 3.07. The number of H-pyrrole nitrogens is 1. The lowest BCUT2D eigenvalue weighted by Gasteiger charge is -1.99. The van der Waals surface area contributed by atoms with Crippen molar-refractivity contribution < 1.29 is 0 Å². The van der Waals surface area contributed by atoms with Crippen molar-refractivity contribution in [2.45, 2.75) is 18.7 Å². The van der Waals surface area contributed by atoms with Gasteiger partial charge in [0.25, 0.3) is 0 Å². The van der Waals surface area contributed by atoms with Crippen molar-refractivity contribution >= 4 is 23.5 Å². The number of aromatic nitrogens is 1. The summed E-state index contributed by atoms with van der Waals surface area (Å²) in [6.45, 7) is 4.24. The third kappa shape index (κ3) is 1.03. The Balaban J connectivity index is 2.87. The van der Waals surface area contributed by atoms with Crippen LogP contribution >= 0.6 is 12.6 Å². The Labute approximate surface area is 77.2 Å². The highest BCUT2D eigenvalue weighted by atomic mass is 32.1. The van der Waals surface area contributed by atoms with Crippen LogP contribution in [0.4, 0.5) is 0 Å². The molecule has 0 bridgehead atoms. The summed E-state index contributed by atoms with van der Waals surface area (Å²) in [7, 11) is 0. The molecule has 62 valence electrons. The summed E-state index contributed by atoms with van der Waals surface area (Å²) in [6, 6.07) is 4.33. The second kappa shape index (κ2) is 2.56. The Morgan fingerprint density at radius 3 is 2.58 bits per heavy atom. The third-order valence-electron chi connectivity index (χ3n) is 2.27. The van der Waals surface area contributed by atoms with Crippen LogP contribution < -0.4 is 0 Å². The maximum absolute atomic E-state index is 4.35. The molecule has 0 saturated heterocycles. The molecule has 2 heteroatoms. The van der Waals surface area contributed by atoms with E-state index in [1.807, 2.05) is 6.20 Å². The zero-order chi connectivity index (χ0) is 8.72. The van der Waals surface area contributed by atoms with E-state index in [9.17, 15) is 0 Å². The van der Waals surface area contributed by atoms with Crippen LogP contribution in [0.2, 0.25) is 0 Å². The molecule has 0 fully saturated rings. The van der Waals surface area contributed by atoms with E-state index >= 15 is 0 Å². The molecule has 1 aromatic carbocycles. The molecule has 1 heterocycles. The summed E-state index contributed by atoms with van der Waals surface area (Å²) in [5.74, 6) is 0. The second-order valence-electron chi connectivity index (χ2n) is 3.16. The van der Waals surface area contributed by atoms with Gasteiger partial charge in [-0.3, -0.25) is 0 Å². The molecule has 2 aromatic rings. The van der Waals surface area contributed by atoms with E-state index in [4.69, 9.17) is 0 Å². The molecule has 0 amide bonds. The third-order valence-corrected chi connectivity index (χ3v) is 2.64. The molecule has 0 radical (unpaired) electrons. The number of nitrogens with one attached hydrogen (secondary N) is 1. The number of aromatic amines is 1. The minimum absolute atomic E-state index is 1.02. The van der Waals surface area contributed by atoms with Crippen molar-refractivity contribution in [3.63, 3.8) is 0 Å². The molecule has 0 saturated carbocycles. The number of rotatable bonds is 0. The quantitative estimate of drug-likeness (QED) is 0.575. The van der Waals surface area contributed by atoms with Crippen molar-refractivity contribution in [2.24, 2.45) is 0 Å². The number of thiol groups is 1. The average Bonchev–Trinajstić information content (AvgIpc) is 2.35. The summed E-state index contributed by atoms with van der Waals surface area (Å²) in [5, 5.41) is 1.21. The van der Waals surface area contributed by atoms with Gasteiger partial charge in [0.15, 0.2) is 0 Å². The molecule has 12 heavy (non-hydrogen) atoms. The van der Waals surface area contributed by atoms with Crippen molar-refractivity contribution in [3.05, 3.63) is 29.5 Å². The summed E-state index contributed by atoms with van der Waals surface area (Å²) in [4.78, 5) is 4.20. The first kappa shape index (κ1) is 7.74. The van der Waals surface area contributed by atoms with E-state index in [1.54, 1.807) is 0 Å². The van der Waals surface area contributed by atoms with Crippen LogP contribution in [0, 0.1) is 13.8 Å². The second-order valence-corrected chi connectivity index (χ2v) is 3.64. The van der Waals surface area contributed by atoms with Crippen molar-refractivity contribution in [1.29, 1.82) is 0 Å². The first-order valence-electron chi connectivity index (χ1n) is 3.96. The normalized spacial score (nSPS) is 10.9. The Hall–Kier alpha value is -0.890. The molecule has 0 aliphatic rings. The molecule has 2 rings (SSSR count). The highest BCUT2D eigenvalue weighted by molar-refractivity contribution is 7.80. The van der Waals surface area contributed by atoms with Gasteiger partial charge in [-0.2, -0.15) is 0 Å². The van der Waals surface area contributed by atoms with Crippen LogP contribution in [-0.4, -0.2) is 4.98 Å². The maximum Gasteiger partial charge on any atom is 0.0468 e. The van der Waals surface area contributed by atoms with Crippen LogP contribution in [0.15, 0.2) is 23.2 Å². The van der Waals surface area contributed by atoms with Gasteiger partial charge in [0.05, 0.1) is 0 Å². The fraction of sp³-hybridized carbons (Fsp3) is 0.200. The van der Waals surface area contributed by atoms with E-state index in [2.05, 4.69) is 43.6 Å². The van der Waals surface area contributed by atoms with Gasteiger partial charge in [-0.1, -0.05) is 0 Å². The largest absolute Gasteiger partial charge is 0.360 e. The minimum Gasteiger partial charge on any atom is -0.360 e. The zero-order valence-electron chi connectivity index (χ0n) is 7.18. The molecular weight excluding hydrogens is 166 g/mol. The molecule has 0 spiro atoms. The first-order chi connectivity index (χ1) is 5.68. The van der Waals surface area contributed by atoms with Gasteiger partial charge in [-0.05, 0) is 37.1 Å². The van der Waals surface area contributed by atoms with Crippen LogP contribution in [0.5, 0.6) is 0 Å². The highest BCUT2D eigenvalue weighted by Crippen LogP contribution is 2.24. The average molecular weight is 177 g/mol.